The van der Waals surface area contributed by atoms with E-state index < -0.39 is 5.60 Å². The number of rotatable bonds is 3. The number of hydrogen-bond donors (Lipinski definition) is 2. The highest BCUT2D eigenvalue weighted by Gasteiger charge is 2.32. The minimum atomic E-state index is -0.891. The average Bonchev–Trinajstić information content (AvgIpc) is 2.88. The Bertz CT molecular complexity index is 644. The van der Waals surface area contributed by atoms with E-state index in [2.05, 4.69) is 26.2 Å². The molecule has 0 unspecified atom stereocenters. The van der Waals surface area contributed by atoms with E-state index in [0.717, 1.165) is 4.47 Å². The zero-order valence-electron chi connectivity index (χ0n) is 10.7. The number of nitrogens with one attached hydrogen (secondary N) is 1. The molecule has 1 saturated heterocycles. The molecule has 1 aromatic carbocycles. The topological polar surface area (TPSA) is 54.4 Å². The first kappa shape index (κ1) is 13.7. The Kier molecular flexibility index (Phi) is 3.62. The maximum Gasteiger partial charge on any atom is 0.134 e. The SMILES string of the molecule is O[C@]1(CNc2ccnc3c(Br)ccc(F)c23)CCOC1. The zero-order chi connectivity index (χ0) is 14.2. The fourth-order valence-electron chi connectivity index (χ4n) is 2.34. The molecule has 0 amide bonds. The van der Waals surface area contributed by atoms with E-state index in [1.54, 1.807) is 18.3 Å². The highest BCUT2D eigenvalue weighted by atomic mass is 79.9. The predicted octanol–water partition coefficient (Wildman–Crippen LogP) is 2.70. The van der Waals surface area contributed by atoms with Gasteiger partial charge in [0.25, 0.3) is 0 Å². The van der Waals surface area contributed by atoms with Crippen LogP contribution in [0.5, 0.6) is 0 Å². The molecule has 6 heteroatoms. The van der Waals surface area contributed by atoms with Crippen molar-refractivity contribution in [3.8, 4) is 0 Å². The maximum absolute atomic E-state index is 14.0. The monoisotopic (exact) mass is 340 g/mol. The van der Waals surface area contributed by atoms with Gasteiger partial charge in [0.05, 0.1) is 17.5 Å². The van der Waals surface area contributed by atoms with Gasteiger partial charge in [0, 0.05) is 35.9 Å². The van der Waals surface area contributed by atoms with Crippen molar-refractivity contribution in [1.29, 1.82) is 0 Å². The molecule has 3 rings (SSSR count). The van der Waals surface area contributed by atoms with Crippen molar-refractivity contribution in [3.63, 3.8) is 0 Å². The van der Waals surface area contributed by atoms with Crippen LogP contribution in [0.25, 0.3) is 10.9 Å². The number of aliphatic hydroxyl groups is 1. The standard InChI is InChI=1S/C14H14BrFN2O2/c15-9-1-2-10(16)12-11(3-5-17-13(9)12)18-7-14(19)4-6-20-8-14/h1-3,5,19H,4,6-8H2,(H,17,18)/t14-/m0/s1. The fourth-order valence-corrected chi connectivity index (χ4v) is 2.77. The van der Waals surface area contributed by atoms with Crippen molar-refractivity contribution in [2.24, 2.45) is 0 Å². The third-order valence-electron chi connectivity index (χ3n) is 3.48. The number of pyridine rings is 1. The highest BCUT2D eigenvalue weighted by molar-refractivity contribution is 9.10. The lowest BCUT2D eigenvalue weighted by Crippen LogP contribution is -2.37. The molecule has 0 aliphatic carbocycles. The van der Waals surface area contributed by atoms with Crippen molar-refractivity contribution in [3.05, 3.63) is 34.7 Å². The number of hydrogen-bond acceptors (Lipinski definition) is 4. The molecule has 0 bridgehead atoms. The number of fused-ring (bicyclic) bond motifs is 1. The number of anilines is 1. The van der Waals surface area contributed by atoms with E-state index in [1.807, 2.05) is 0 Å². The second kappa shape index (κ2) is 5.27. The van der Waals surface area contributed by atoms with Gasteiger partial charge in [-0.2, -0.15) is 0 Å². The summed E-state index contributed by atoms with van der Waals surface area (Å²) in [4.78, 5) is 4.19. The van der Waals surface area contributed by atoms with Gasteiger partial charge in [-0.05, 0) is 34.1 Å². The quantitative estimate of drug-likeness (QED) is 0.901. The third-order valence-corrected chi connectivity index (χ3v) is 4.12. The van der Waals surface area contributed by atoms with Gasteiger partial charge in [-0.15, -0.1) is 0 Å². The van der Waals surface area contributed by atoms with E-state index in [1.165, 1.54) is 6.07 Å². The Labute approximate surface area is 124 Å². The molecule has 2 N–H and O–H groups in total. The Morgan fingerprint density at radius 3 is 3.05 bits per heavy atom. The first-order valence-corrected chi connectivity index (χ1v) is 7.15. The van der Waals surface area contributed by atoms with Crippen LogP contribution in [0.2, 0.25) is 0 Å². The van der Waals surface area contributed by atoms with E-state index in [0.29, 0.717) is 42.8 Å². The number of halogens is 2. The van der Waals surface area contributed by atoms with Crippen LogP contribution in [0, 0.1) is 5.82 Å². The van der Waals surface area contributed by atoms with Crippen LogP contribution in [-0.4, -0.2) is 35.5 Å². The molecule has 1 atom stereocenters. The van der Waals surface area contributed by atoms with Crippen LogP contribution in [0.4, 0.5) is 10.1 Å². The van der Waals surface area contributed by atoms with Gasteiger partial charge in [-0.3, -0.25) is 4.98 Å². The molecule has 2 heterocycles. The van der Waals surface area contributed by atoms with Crippen LogP contribution in [0.15, 0.2) is 28.9 Å². The van der Waals surface area contributed by atoms with Gasteiger partial charge < -0.3 is 15.2 Å². The second-order valence-electron chi connectivity index (χ2n) is 4.99. The molecule has 1 aliphatic rings. The Hall–Kier alpha value is -1.24. The van der Waals surface area contributed by atoms with Crippen molar-refractivity contribution < 1.29 is 14.2 Å². The largest absolute Gasteiger partial charge is 0.386 e. The van der Waals surface area contributed by atoms with E-state index in [4.69, 9.17) is 4.74 Å². The minimum absolute atomic E-state index is 0.301. The van der Waals surface area contributed by atoms with E-state index >= 15 is 0 Å². The third kappa shape index (κ3) is 2.51. The first-order chi connectivity index (χ1) is 9.59. The highest BCUT2D eigenvalue weighted by Crippen LogP contribution is 2.30. The van der Waals surface area contributed by atoms with Crippen molar-refractivity contribution in [2.75, 3.05) is 25.1 Å². The first-order valence-electron chi connectivity index (χ1n) is 6.36. The van der Waals surface area contributed by atoms with Gasteiger partial charge in [0.2, 0.25) is 0 Å². The molecule has 20 heavy (non-hydrogen) atoms. The van der Waals surface area contributed by atoms with Gasteiger partial charge in [0.1, 0.15) is 11.4 Å². The van der Waals surface area contributed by atoms with Gasteiger partial charge in [-0.1, -0.05) is 0 Å². The Balaban J connectivity index is 1.93. The Morgan fingerprint density at radius 1 is 1.45 bits per heavy atom. The number of ether oxygens (including phenoxy) is 1. The zero-order valence-corrected chi connectivity index (χ0v) is 12.3. The molecule has 106 valence electrons. The summed E-state index contributed by atoms with van der Waals surface area (Å²) in [5.74, 6) is -0.339. The molecule has 0 spiro atoms. The molecule has 1 aromatic heterocycles. The number of aromatic nitrogens is 1. The van der Waals surface area contributed by atoms with Gasteiger partial charge >= 0.3 is 0 Å². The molecule has 0 saturated carbocycles. The summed E-state index contributed by atoms with van der Waals surface area (Å²) in [6.07, 6.45) is 2.19. The molecule has 1 fully saturated rings. The minimum Gasteiger partial charge on any atom is -0.386 e. The van der Waals surface area contributed by atoms with Crippen LogP contribution in [0.1, 0.15) is 6.42 Å². The smallest absolute Gasteiger partial charge is 0.134 e. The Morgan fingerprint density at radius 2 is 2.30 bits per heavy atom. The maximum atomic E-state index is 14.0. The molecular weight excluding hydrogens is 327 g/mol. The lowest BCUT2D eigenvalue weighted by molar-refractivity contribution is 0.0382. The second-order valence-corrected chi connectivity index (χ2v) is 5.85. The van der Waals surface area contributed by atoms with Crippen LogP contribution in [0.3, 0.4) is 0 Å². The van der Waals surface area contributed by atoms with Crippen LogP contribution in [-0.2, 0) is 4.74 Å². The number of nitrogens with zero attached hydrogens (tertiary/aromatic N) is 1. The van der Waals surface area contributed by atoms with E-state index in [9.17, 15) is 9.50 Å². The lowest BCUT2D eigenvalue weighted by atomic mass is 10.0. The lowest BCUT2D eigenvalue weighted by Gasteiger charge is -2.22. The van der Waals surface area contributed by atoms with Crippen LogP contribution >= 0.6 is 15.9 Å². The fraction of sp³-hybridized carbons (Fsp3) is 0.357. The molecule has 4 nitrogen and oxygen atoms in total. The normalized spacial score (nSPS) is 22.4. The molecular formula is C14H14BrFN2O2. The van der Waals surface area contributed by atoms with Crippen LogP contribution < -0.4 is 5.32 Å². The van der Waals surface area contributed by atoms with Crippen molar-refractivity contribution in [1.82, 2.24) is 4.98 Å². The summed E-state index contributed by atoms with van der Waals surface area (Å²) in [7, 11) is 0. The van der Waals surface area contributed by atoms with Gasteiger partial charge in [0.15, 0.2) is 0 Å². The number of benzene rings is 1. The van der Waals surface area contributed by atoms with Crippen molar-refractivity contribution >= 4 is 32.5 Å². The predicted molar refractivity (Wildman–Crippen MR) is 78.3 cm³/mol. The summed E-state index contributed by atoms with van der Waals surface area (Å²) in [5.41, 5.74) is 0.289. The van der Waals surface area contributed by atoms with E-state index in [-0.39, 0.29) is 5.82 Å². The summed E-state index contributed by atoms with van der Waals surface area (Å²) >= 11 is 3.37. The van der Waals surface area contributed by atoms with Gasteiger partial charge in [-0.25, -0.2) is 4.39 Å². The molecule has 0 radical (unpaired) electrons. The molecule has 1 aliphatic heterocycles. The van der Waals surface area contributed by atoms with Crippen molar-refractivity contribution in [2.45, 2.75) is 12.0 Å². The average molecular weight is 341 g/mol. The summed E-state index contributed by atoms with van der Waals surface area (Å²) in [5, 5.41) is 13.8. The summed E-state index contributed by atoms with van der Waals surface area (Å²) in [6.45, 7) is 1.17. The molecule has 2 aromatic rings. The summed E-state index contributed by atoms with van der Waals surface area (Å²) < 4.78 is 20.0. The summed E-state index contributed by atoms with van der Waals surface area (Å²) in [6, 6.07) is 4.73.